The van der Waals surface area contributed by atoms with Crippen molar-refractivity contribution in [2.24, 2.45) is 0 Å². The van der Waals surface area contributed by atoms with E-state index in [1.165, 1.54) is 9.47 Å². The molecule has 0 saturated carbocycles. The molecule has 2 heterocycles. The first kappa shape index (κ1) is 29.6. The van der Waals surface area contributed by atoms with Crippen molar-refractivity contribution in [3.63, 3.8) is 0 Å². The summed E-state index contributed by atoms with van der Waals surface area (Å²) in [4.78, 5) is 55.5. The van der Waals surface area contributed by atoms with Crippen LogP contribution in [-0.2, 0) is 24.2 Å². The standard InChI is InChI=1S/C30H34N4O6S/c1-7-19-8-11-21(12-9-19)34-27(36)25-18(2)26(28(37)32(3)4)41-29(25)33(30(34)38)17-24(35)31-15-14-20-10-13-22(39-5)23(16-20)40-6/h8-13,16H,7,14-15,17H2,1-6H3,(H,31,35). The molecule has 0 atom stereocenters. The maximum absolute atomic E-state index is 13.8. The van der Waals surface area contributed by atoms with Gasteiger partial charge in [-0.05, 0) is 60.7 Å². The lowest BCUT2D eigenvalue weighted by atomic mass is 10.1. The van der Waals surface area contributed by atoms with Crippen LogP contribution in [0.15, 0.2) is 52.1 Å². The summed E-state index contributed by atoms with van der Waals surface area (Å²) in [5, 5.41) is 3.11. The second-order valence-corrected chi connectivity index (χ2v) is 10.8. The van der Waals surface area contributed by atoms with Crippen molar-refractivity contribution < 1.29 is 19.1 Å². The van der Waals surface area contributed by atoms with Crippen molar-refractivity contribution in [2.45, 2.75) is 33.2 Å². The molecule has 216 valence electrons. The fourth-order valence-electron chi connectivity index (χ4n) is 4.58. The van der Waals surface area contributed by atoms with Gasteiger partial charge >= 0.3 is 5.69 Å². The third kappa shape index (κ3) is 5.90. The Labute approximate surface area is 241 Å². The Morgan fingerprint density at radius 2 is 1.63 bits per heavy atom. The van der Waals surface area contributed by atoms with E-state index < -0.39 is 17.2 Å². The zero-order valence-electron chi connectivity index (χ0n) is 24.1. The first-order chi connectivity index (χ1) is 19.6. The van der Waals surface area contributed by atoms with Gasteiger partial charge in [0.25, 0.3) is 11.5 Å². The predicted molar refractivity (Wildman–Crippen MR) is 160 cm³/mol. The lowest BCUT2D eigenvalue weighted by Crippen LogP contribution is -2.41. The molecular weight excluding hydrogens is 544 g/mol. The number of carbonyl (C=O) groups is 2. The summed E-state index contributed by atoms with van der Waals surface area (Å²) < 4.78 is 13.0. The van der Waals surface area contributed by atoms with Crippen LogP contribution in [0.3, 0.4) is 0 Å². The molecule has 0 fully saturated rings. The van der Waals surface area contributed by atoms with Gasteiger partial charge in [0.05, 0.1) is 30.2 Å². The van der Waals surface area contributed by atoms with Crippen molar-refractivity contribution in [3.05, 3.63) is 84.9 Å². The Hall–Kier alpha value is -4.38. The van der Waals surface area contributed by atoms with Gasteiger partial charge in [-0.25, -0.2) is 9.36 Å². The molecule has 0 aliphatic heterocycles. The number of thiophene rings is 1. The van der Waals surface area contributed by atoms with Gasteiger partial charge in [0, 0.05) is 20.6 Å². The second kappa shape index (κ2) is 12.4. The number of benzene rings is 2. The van der Waals surface area contributed by atoms with Gasteiger partial charge in [-0.1, -0.05) is 25.1 Å². The lowest BCUT2D eigenvalue weighted by Gasteiger charge is -2.13. The number of amides is 2. The van der Waals surface area contributed by atoms with E-state index in [0.29, 0.717) is 45.4 Å². The molecule has 0 saturated heterocycles. The van der Waals surface area contributed by atoms with Crippen LogP contribution < -0.4 is 26.0 Å². The molecule has 41 heavy (non-hydrogen) atoms. The summed E-state index contributed by atoms with van der Waals surface area (Å²) in [6.45, 7) is 3.71. The first-order valence-electron chi connectivity index (χ1n) is 13.2. The number of aryl methyl sites for hydroxylation is 2. The highest BCUT2D eigenvalue weighted by atomic mass is 32.1. The SMILES string of the molecule is CCc1ccc(-n2c(=O)c3c(C)c(C(=O)N(C)C)sc3n(CC(=O)NCCc3ccc(OC)c(OC)c3)c2=O)cc1. The Balaban J connectivity index is 1.71. The fraction of sp³-hybridized carbons (Fsp3) is 0.333. The molecule has 0 unspecified atom stereocenters. The van der Waals surface area contributed by atoms with E-state index in [2.05, 4.69) is 5.32 Å². The number of hydrogen-bond acceptors (Lipinski definition) is 7. The average molecular weight is 579 g/mol. The highest BCUT2D eigenvalue weighted by molar-refractivity contribution is 7.20. The van der Waals surface area contributed by atoms with Gasteiger partial charge in [-0.15, -0.1) is 11.3 Å². The summed E-state index contributed by atoms with van der Waals surface area (Å²) in [5.41, 5.74) is 1.70. The number of carbonyl (C=O) groups excluding carboxylic acids is 2. The highest BCUT2D eigenvalue weighted by Gasteiger charge is 2.25. The molecule has 2 amide bonds. The monoisotopic (exact) mass is 578 g/mol. The molecule has 1 N–H and O–H groups in total. The van der Waals surface area contributed by atoms with E-state index in [4.69, 9.17) is 9.47 Å². The third-order valence-electron chi connectivity index (χ3n) is 6.90. The van der Waals surface area contributed by atoms with Gasteiger partial charge in [0.1, 0.15) is 11.4 Å². The second-order valence-electron chi connectivity index (χ2n) is 9.75. The molecule has 0 radical (unpaired) electrons. The Bertz CT molecular complexity index is 1720. The van der Waals surface area contributed by atoms with Gasteiger partial charge in [-0.2, -0.15) is 0 Å². The third-order valence-corrected chi connectivity index (χ3v) is 8.20. The smallest absolute Gasteiger partial charge is 0.337 e. The highest BCUT2D eigenvalue weighted by Crippen LogP contribution is 2.29. The van der Waals surface area contributed by atoms with Crippen molar-refractivity contribution in [1.82, 2.24) is 19.4 Å². The maximum Gasteiger partial charge on any atom is 0.337 e. The maximum atomic E-state index is 13.8. The van der Waals surface area contributed by atoms with Crippen LogP contribution in [0.2, 0.25) is 0 Å². The normalized spacial score (nSPS) is 11.0. The number of aromatic nitrogens is 2. The van der Waals surface area contributed by atoms with E-state index in [1.54, 1.807) is 53.4 Å². The van der Waals surface area contributed by atoms with Crippen LogP contribution in [0, 0.1) is 6.92 Å². The number of methoxy groups -OCH3 is 2. The molecule has 4 rings (SSSR count). The number of nitrogens with zero attached hydrogens (tertiary/aromatic N) is 3. The predicted octanol–water partition coefficient (Wildman–Crippen LogP) is 3.16. The van der Waals surface area contributed by atoms with Crippen LogP contribution in [-0.4, -0.2) is 60.7 Å². The topological polar surface area (TPSA) is 112 Å². The molecule has 0 aliphatic rings. The van der Waals surface area contributed by atoms with E-state index in [0.717, 1.165) is 33.5 Å². The van der Waals surface area contributed by atoms with Crippen molar-refractivity contribution in [2.75, 3.05) is 34.9 Å². The molecule has 0 spiro atoms. The Morgan fingerprint density at radius 3 is 2.24 bits per heavy atom. The zero-order valence-corrected chi connectivity index (χ0v) is 24.9. The number of ether oxygens (including phenoxy) is 2. The van der Waals surface area contributed by atoms with Gasteiger partial charge in [-0.3, -0.25) is 19.0 Å². The lowest BCUT2D eigenvalue weighted by molar-refractivity contribution is -0.121. The molecule has 2 aromatic carbocycles. The minimum atomic E-state index is -0.646. The molecule has 11 heteroatoms. The van der Waals surface area contributed by atoms with Gasteiger partial charge in [0.2, 0.25) is 5.91 Å². The number of hydrogen-bond donors (Lipinski definition) is 1. The number of rotatable bonds is 10. The minimum Gasteiger partial charge on any atom is -0.493 e. The van der Waals surface area contributed by atoms with E-state index in [-0.39, 0.29) is 17.8 Å². The zero-order chi connectivity index (χ0) is 29.8. The van der Waals surface area contributed by atoms with Crippen LogP contribution in [0.25, 0.3) is 15.9 Å². The summed E-state index contributed by atoms with van der Waals surface area (Å²) >= 11 is 1.05. The Morgan fingerprint density at radius 1 is 0.976 bits per heavy atom. The summed E-state index contributed by atoms with van der Waals surface area (Å²) in [6, 6.07) is 12.7. The number of nitrogens with one attached hydrogen (secondary N) is 1. The van der Waals surface area contributed by atoms with Crippen LogP contribution in [0.4, 0.5) is 0 Å². The van der Waals surface area contributed by atoms with Crippen LogP contribution in [0.5, 0.6) is 11.5 Å². The average Bonchev–Trinajstić information content (AvgIpc) is 3.31. The van der Waals surface area contributed by atoms with E-state index in [9.17, 15) is 19.2 Å². The first-order valence-corrected chi connectivity index (χ1v) is 14.0. The molecule has 10 nitrogen and oxygen atoms in total. The Kier molecular flexibility index (Phi) is 8.97. The summed E-state index contributed by atoms with van der Waals surface area (Å²) in [7, 11) is 6.37. The van der Waals surface area contributed by atoms with Crippen LogP contribution in [0.1, 0.15) is 33.3 Å². The summed E-state index contributed by atoms with van der Waals surface area (Å²) in [5.74, 6) is 0.532. The van der Waals surface area contributed by atoms with Crippen LogP contribution >= 0.6 is 11.3 Å². The van der Waals surface area contributed by atoms with Crippen molar-refractivity contribution in [3.8, 4) is 17.2 Å². The van der Waals surface area contributed by atoms with Gasteiger partial charge < -0.3 is 19.7 Å². The molecule has 2 aromatic heterocycles. The van der Waals surface area contributed by atoms with Crippen molar-refractivity contribution >= 4 is 33.4 Å². The van der Waals surface area contributed by atoms with Gasteiger partial charge in [0.15, 0.2) is 11.5 Å². The molecule has 0 bridgehead atoms. The van der Waals surface area contributed by atoms with E-state index >= 15 is 0 Å². The quantitative estimate of drug-likeness (QED) is 0.310. The molecule has 4 aromatic rings. The molecular formula is C30H34N4O6S. The summed E-state index contributed by atoms with van der Waals surface area (Å²) in [6.07, 6.45) is 1.33. The largest absolute Gasteiger partial charge is 0.493 e. The minimum absolute atomic E-state index is 0.248. The number of fused-ring (bicyclic) bond motifs is 1. The van der Waals surface area contributed by atoms with Crippen molar-refractivity contribution in [1.29, 1.82) is 0 Å². The fourth-order valence-corrected chi connectivity index (χ4v) is 5.90. The molecule has 0 aliphatic carbocycles. The van der Waals surface area contributed by atoms with E-state index in [1.807, 2.05) is 31.2 Å².